The Morgan fingerprint density at radius 2 is 1.17 bits per heavy atom. The zero-order valence-electron chi connectivity index (χ0n) is 13.0. The van der Waals surface area contributed by atoms with Crippen LogP contribution in [0.2, 0.25) is 0 Å². The van der Waals surface area contributed by atoms with Crippen LogP contribution in [-0.2, 0) is 0 Å². The molecule has 0 unspecified atom stereocenters. The number of hydrazine groups is 1. The quantitative estimate of drug-likeness (QED) is 0.438. The van der Waals surface area contributed by atoms with Gasteiger partial charge in [0.05, 0.1) is 0 Å². The molecule has 0 atom stereocenters. The standard InChI is InChI=1S/C20H16N4/c21-22-20-18-9-5-4-8-17(18)19(23-24-20)16-12-10-15(11-13-16)14-6-2-1-3-7-14/h1-13H,21H2,(H,22,24). The Morgan fingerprint density at radius 1 is 0.583 bits per heavy atom. The van der Waals surface area contributed by atoms with Gasteiger partial charge in [0.2, 0.25) is 0 Å². The van der Waals surface area contributed by atoms with Gasteiger partial charge in [-0.3, -0.25) is 0 Å². The predicted molar refractivity (Wildman–Crippen MR) is 98.2 cm³/mol. The van der Waals surface area contributed by atoms with Gasteiger partial charge in [0.15, 0.2) is 5.82 Å². The SMILES string of the molecule is NNc1nnc(-c2ccc(-c3ccccc3)cc2)c2ccccc12. The summed E-state index contributed by atoms with van der Waals surface area (Å²) in [5.41, 5.74) is 6.86. The number of rotatable bonds is 3. The minimum Gasteiger partial charge on any atom is -0.306 e. The van der Waals surface area contributed by atoms with E-state index in [0.717, 1.165) is 22.0 Å². The van der Waals surface area contributed by atoms with E-state index in [2.05, 4.69) is 52.0 Å². The third-order valence-electron chi connectivity index (χ3n) is 4.09. The first kappa shape index (κ1) is 14.4. The molecular formula is C20H16N4. The molecule has 0 aliphatic heterocycles. The molecule has 3 N–H and O–H groups in total. The Morgan fingerprint density at radius 3 is 1.88 bits per heavy atom. The van der Waals surface area contributed by atoms with Crippen molar-refractivity contribution in [2.45, 2.75) is 0 Å². The highest BCUT2D eigenvalue weighted by Crippen LogP contribution is 2.30. The Balaban J connectivity index is 1.81. The summed E-state index contributed by atoms with van der Waals surface area (Å²) >= 11 is 0. The van der Waals surface area contributed by atoms with Crippen molar-refractivity contribution >= 4 is 16.6 Å². The molecular weight excluding hydrogens is 296 g/mol. The first-order valence-corrected chi connectivity index (χ1v) is 7.75. The smallest absolute Gasteiger partial charge is 0.170 e. The van der Waals surface area contributed by atoms with Gasteiger partial charge >= 0.3 is 0 Å². The number of benzene rings is 3. The van der Waals surface area contributed by atoms with Crippen LogP contribution < -0.4 is 11.3 Å². The van der Waals surface area contributed by atoms with Gasteiger partial charge in [-0.1, -0.05) is 78.9 Å². The van der Waals surface area contributed by atoms with Crippen molar-refractivity contribution in [3.05, 3.63) is 78.9 Å². The molecule has 1 heterocycles. The predicted octanol–water partition coefficient (Wildman–Crippen LogP) is 4.25. The Bertz CT molecular complexity index is 979. The van der Waals surface area contributed by atoms with Crippen molar-refractivity contribution in [3.8, 4) is 22.4 Å². The first-order valence-electron chi connectivity index (χ1n) is 7.75. The summed E-state index contributed by atoms with van der Waals surface area (Å²) < 4.78 is 0. The molecule has 116 valence electrons. The zero-order valence-corrected chi connectivity index (χ0v) is 13.0. The first-order chi connectivity index (χ1) is 11.9. The highest BCUT2D eigenvalue weighted by atomic mass is 15.3. The normalized spacial score (nSPS) is 10.7. The van der Waals surface area contributed by atoms with E-state index in [-0.39, 0.29) is 0 Å². The van der Waals surface area contributed by atoms with E-state index in [4.69, 9.17) is 5.84 Å². The maximum atomic E-state index is 5.54. The van der Waals surface area contributed by atoms with Crippen molar-refractivity contribution in [1.82, 2.24) is 10.2 Å². The Hall–Kier alpha value is -3.24. The molecule has 4 aromatic rings. The number of aromatic nitrogens is 2. The van der Waals surface area contributed by atoms with Crippen molar-refractivity contribution < 1.29 is 0 Å². The van der Waals surface area contributed by atoms with Crippen LogP contribution in [0.4, 0.5) is 5.82 Å². The molecule has 0 radical (unpaired) electrons. The minimum absolute atomic E-state index is 0.579. The molecule has 4 nitrogen and oxygen atoms in total. The summed E-state index contributed by atoms with van der Waals surface area (Å²) in [6, 6.07) is 26.7. The molecule has 3 aromatic carbocycles. The molecule has 0 aliphatic rings. The second-order valence-corrected chi connectivity index (χ2v) is 5.53. The van der Waals surface area contributed by atoms with Crippen LogP contribution in [0.1, 0.15) is 0 Å². The number of fused-ring (bicyclic) bond motifs is 1. The lowest BCUT2D eigenvalue weighted by Gasteiger charge is -2.09. The van der Waals surface area contributed by atoms with E-state index in [1.54, 1.807) is 0 Å². The molecule has 0 aliphatic carbocycles. The molecule has 0 saturated carbocycles. The molecule has 0 bridgehead atoms. The third kappa shape index (κ3) is 2.49. The van der Waals surface area contributed by atoms with Crippen LogP contribution in [0, 0.1) is 0 Å². The lowest BCUT2D eigenvalue weighted by atomic mass is 10.0. The molecule has 4 heteroatoms. The van der Waals surface area contributed by atoms with Crippen LogP contribution >= 0.6 is 0 Å². The number of nitrogens with two attached hydrogens (primary N) is 1. The molecule has 0 spiro atoms. The van der Waals surface area contributed by atoms with Crippen molar-refractivity contribution in [2.24, 2.45) is 5.84 Å². The summed E-state index contributed by atoms with van der Waals surface area (Å²) in [6.45, 7) is 0. The van der Waals surface area contributed by atoms with Crippen LogP contribution in [0.15, 0.2) is 78.9 Å². The van der Waals surface area contributed by atoms with E-state index in [0.29, 0.717) is 5.82 Å². The van der Waals surface area contributed by atoms with Gasteiger partial charge in [-0.25, -0.2) is 5.84 Å². The average molecular weight is 312 g/mol. The maximum absolute atomic E-state index is 5.54. The van der Waals surface area contributed by atoms with Gasteiger partial charge < -0.3 is 5.43 Å². The fourth-order valence-corrected chi connectivity index (χ4v) is 2.87. The van der Waals surface area contributed by atoms with Gasteiger partial charge in [0.25, 0.3) is 0 Å². The number of hydrogen-bond acceptors (Lipinski definition) is 4. The van der Waals surface area contributed by atoms with Gasteiger partial charge in [-0.15, -0.1) is 10.2 Å². The zero-order chi connectivity index (χ0) is 16.4. The molecule has 24 heavy (non-hydrogen) atoms. The monoisotopic (exact) mass is 312 g/mol. The number of nitrogens with one attached hydrogen (secondary N) is 1. The highest BCUT2D eigenvalue weighted by Gasteiger charge is 2.10. The van der Waals surface area contributed by atoms with Gasteiger partial charge in [0, 0.05) is 16.3 Å². The fraction of sp³-hybridized carbons (Fsp3) is 0. The summed E-state index contributed by atoms with van der Waals surface area (Å²) in [4.78, 5) is 0. The fourth-order valence-electron chi connectivity index (χ4n) is 2.87. The number of nitrogen functional groups attached to an aromatic ring is 1. The molecule has 1 aromatic heterocycles. The summed E-state index contributed by atoms with van der Waals surface area (Å²) in [7, 11) is 0. The third-order valence-corrected chi connectivity index (χ3v) is 4.09. The van der Waals surface area contributed by atoms with Crippen LogP contribution in [0.3, 0.4) is 0 Å². The van der Waals surface area contributed by atoms with Crippen molar-refractivity contribution in [2.75, 3.05) is 5.43 Å². The summed E-state index contributed by atoms with van der Waals surface area (Å²) in [5.74, 6) is 6.12. The van der Waals surface area contributed by atoms with Gasteiger partial charge in [-0.2, -0.15) is 0 Å². The Labute approximate surface area is 139 Å². The summed E-state index contributed by atoms with van der Waals surface area (Å²) in [6.07, 6.45) is 0. The molecule has 0 saturated heterocycles. The minimum atomic E-state index is 0.579. The summed E-state index contributed by atoms with van der Waals surface area (Å²) in [5, 5.41) is 10.5. The van der Waals surface area contributed by atoms with E-state index < -0.39 is 0 Å². The van der Waals surface area contributed by atoms with Gasteiger partial charge in [0.1, 0.15) is 5.69 Å². The average Bonchev–Trinajstić information content (AvgIpc) is 2.68. The second-order valence-electron chi connectivity index (χ2n) is 5.53. The van der Waals surface area contributed by atoms with Crippen molar-refractivity contribution in [1.29, 1.82) is 0 Å². The van der Waals surface area contributed by atoms with Gasteiger partial charge in [-0.05, 0) is 11.1 Å². The molecule has 0 amide bonds. The lowest BCUT2D eigenvalue weighted by Crippen LogP contribution is -2.10. The van der Waals surface area contributed by atoms with Crippen LogP contribution in [0.25, 0.3) is 33.2 Å². The Kier molecular flexibility index (Phi) is 3.65. The molecule has 4 rings (SSSR count). The number of hydrogen-bond donors (Lipinski definition) is 2. The lowest BCUT2D eigenvalue weighted by molar-refractivity contribution is 1.04. The highest BCUT2D eigenvalue weighted by molar-refractivity contribution is 6.00. The van der Waals surface area contributed by atoms with E-state index >= 15 is 0 Å². The van der Waals surface area contributed by atoms with E-state index in [1.165, 1.54) is 11.1 Å². The van der Waals surface area contributed by atoms with Crippen LogP contribution in [0.5, 0.6) is 0 Å². The maximum Gasteiger partial charge on any atom is 0.170 e. The molecule has 0 fully saturated rings. The van der Waals surface area contributed by atoms with E-state index in [9.17, 15) is 0 Å². The van der Waals surface area contributed by atoms with Crippen LogP contribution in [-0.4, -0.2) is 10.2 Å². The topological polar surface area (TPSA) is 63.8 Å². The second kappa shape index (κ2) is 6.10. The largest absolute Gasteiger partial charge is 0.306 e. The number of nitrogens with zero attached hydrogens (tertiary/aromatic N) is 2. The number of anilines is 1. The van der Waals surface area contributed by atoms with E-state index in [1.807, 2.05) is 42.5 Å². The van der Waals surface area contributed by atoms with Crippen molar-refractivity contribution in [3.63, 3.8) is 0 Å².